The van der Waals surface area contributed by atoms with E-state index in [1.54, 1.807) is 0 Å². The zero-order valence-corrected chi connectivity index (χ0v) is 8.42. The molecule has 13 heavy (non-hydrogen) atoms. The summed E-state index contributed by atoms with van der Waals surface area (Å²) < 4.78 is 4.12. The lowest BCUT2D eigenvalue weighted by atomic mass is 10.1. The number of hydrogen-bond acceptors (Lipinski definition) is 5. The number of rotatable bonds is 1. The number of aryl methyl sites for hydroxylation is 1. The van der Waals surface area contributed by atoms with Crippen LogP contribution in [0.1, 0.15) is 18.7 Å². The quantitative estimate of drug-likeness (QED) is 0.727. The Labute approximate surface area is 81.4 Å². The first-order valence-electron chi connectivity index (χ1n) is 4.49. The van der Waals surface area contributed by atoms with Crippen LogP contribution in [-0.4, -0.2) is 33.7 Å². The topological polar surface area (TPSA) is 49.2 Å². The summed E-state index contributed by atoms with van der Waals surface area (Å²) >= 11 is 1.41. The summed E-state index contributed by atoms with van der Waals surface area (Å²) in [6, 6.07) is 0. The molecule has 1 aromatic heterocycles. The van der Waals surface area contributed by atoms with E-state index < -0.39 is 0 Å². The van der Waals surface area contributed by atoms with Crippen molar-refractivity contribution in [2.45, 2.75) is 25.9 Å². The number of piperidine rings is 1. The summed E-state index contributed by atoms with van der Waals surface area (Å²) in [5.41, 5.74) is 0. The molecule has 0 bridgehead atoms. The van der Waals surface area contributed by atoms with Gasteiger partial charge in [0.25, 0.3) is 0 Å². The largest absolute Gasteiger partial charge is 0.391 e. The third-order valence-corrected chi connectivity index (χ3v) is 3.05. The fourth-order valence-electron chi connectivity index (χ4n) is 1.54. The molecule has 0 aliphatic carbocycles. The van der Waals surface area contributed by atoms with Gasteiger partial charge >= 0.3 is 0 Å². The second-order valence-electron chi connectivity index (χ2n) is 3.37. The van der Waals surface area contributed by atoms with Gasteiger partial charge in [-0.15, -0.1) is 0 Å². The lowest BCUT2D eigenvalue weighted by Gasteiger charge is -2.29. The maximum absolute atomic E-state index is 9.46. The van der Waals surface area contributed by atoms with E-state index in [4.69, 9.17) is 0 Å². The molecule has 1 aromatic rings. The van der Waals surface area contributed by atoms with Gasteiger partial charge in [-0.05, 0) is 19.8 Å². The van der Waals surface area contributed by atoms with Gasteiger partial charge in [0.05, 0.1) is 6.10 Å². The number of aliphatic hydroxyl groups is 1. The molecule has 1 saturated heterocycles. The zero-order chi connectivity index (χ0) is 9.26. The van der Waals surface area contributed by atoms with Gasteiger partial charge in [-0.1, -0.05) is 0 Å². The number of aromatic nitrogens is 2. The minimum absolute atomic E-state index is 0.196. The third-order valence-electron chi connectivity index (χ3n) is 2.18. The molecule has 72 valence electrons. The first kappa shape index (κ1) is 8.90. The molecule has 2 rings (SSSR count). The van der Waals surface area contributed by atoms with Crippen molar-refractivity contribution in [3.63, 3.8) is 0 Å². The molecule has 0 amide bonds. The molecule has 0 aromatic carbocycles. The van der Waals surface area contributed by atoms with Crippen LogP contribution in [0.4, 0.5) is 5.13 Å². The van der Waals surface area contributed by atoms with E-state index in [0.29, 0.717) is 6.54 Å². The van der Waals surface area contributed by atoms with Crippen molar-refractivity contribution >= 4 is 16.7 Å². The van der Waals surface area contributed by atoms with E-state index in [9.17, 15) is 5.11 Å². The highest BCUT2D eigenvalue weighted by Crippen LogP contribution is 2.21. The Balaban J connectivity index is 2.08. The number of anilines is 1. The van der Waals surface area contributed by atoms with Crippen LogP contribution in [-0.2, 0) is 0 Å². The van der Waals surface area contributed by atoms with Gasteiger partial charge < -0.3 is 10.0 Å². The predicted octanol–water partition coefficient (Wildman–Crippen LogP) is 0.808. The van der Waals surface area contributed by atoms with Crippen LogP contribution in [0.3, 0.4) is 0 Å². The van der Waals surface area contributed by atoms with Gasteiger partial charge in [0.15, 0.2) is 0 Å². The lowest BCUT2D eigenvalue weighted by Crippen LogP contribution is -2.38. The summed E-state index contributed by atoms with van der Waals surface area (Å²) in [6.45, 7) is 3.58. The number of β-amino-alcohol motifs (C(OH)–C–C–N with tert-alkyl or cyclic N) is 1. The average Bonchev–Trinajstić information content (AvgIpc) is 2.52. The average molecular weight is 199 g/mol. The fourth-order valence-corrected chi connectivity index (χ4v) is 2.25. The highest BCUT2D eigenvalue weighted by molar-refractivity contribution is 7.09. The highest BCUT2D eigenvalue weighted by atomic mass is 32.1. The first-order valence-corrected chi connectivity index (χ1v) is 5.26. The van der Waals surface area contributed by atoms with Crippen molar-refractivity contribution in [2.75, 3.05) is 18.0 Å². The van der Waals surface area contributed by atoms with Crippen molar-refractivity contribution in [3.8, 4) is 0 Å². The Morgan fingerprint density at radius 2 is 2.46 bits per heavy atom. The number of nitrogens with zero attached hydrogens (tertiary/aromatic N) is 3. The maximum Gasteiger partial charge on any atom is 0.205 e. The van der Waals surface area contributed by atoms with Gasteiger partial charge in [0, 0.05) is 24.6 Å². The Kier molecular flexibility index (Phi) is 2.46. The van der Waals surface area contributed by atoms with E-state index >= 15 is 0 Å². The van der Waals surface area contributed by atoms with Crippen LogP contribution in [0.5, 0.6) is 0 Å². The molecule has 0 unspecified atom stereocenters. The Morgan fingerprint density at radius 1 is 1.62 bits per heavy atom. The molecule has 1 N–H and O–H groups in total. The van der Waals surface area contributed by atoms with Crippen LogP contribution in [0.25, 0.3) is 0 Å². The lowest BCUT2D eigenvalue weighted by molar-refractivity contribution is 0.154. The zero-order valence-electron chi connectivity index (χ0n) is 7.60. The van der Waals surface area contributed by atoms with Crippen LogP contribution >= 0.6 is 11.5 Å². The summed E-state index contributed by atoms with van der Waals surface area (Å²) in [5.74, 6) is 0.820. The molecule has 1 atom stereocenters. The molecule has 0 radical (unpaired) electrons. The highest BCUT2D eigenvalue weighted by Gasteiger charge is 2.20. The van der Waals surface area contributed by atoms with Crippen LogP contribution in [0, 0.1) is 6.92 Å². The fraction of sp³-hybridized carbons (Fsp3) is 0.750. The molecular weight excluding hydrogens is 186 g/mol. The van der Waals surface area contributed by atoms with E-state index in [0.717, 1.165) is 30.3 Å². The Bertz CT molecular complexity index is 289. The maximum atomic E-state index is 9.46. The van der Waals surface area contributed by atoms with Crippen molar-refractivity contribution in [1.29, 1.82) is 0 Å². The molecule has 4 nitrogen and oxygen atoms in total. The molecule has 1 aliphatic rings. The van der Waals surface area contributed by atoms with Gasteiger partial charge in [-0.25, -0.2) is 4.98 Å². The number of hydrogen-bond donors (Lipinski definition) is 1. The summed E-state index contributed by atoms with van der Waals surface area (Å²) in [7, 11) is 0. The van der Waals surface area contributed by atoms with Gasteiger partial charge in [0.2, 0.25) is 5.13 Å². The molecule has 0 saturated carbocycles. The number of aliphatic hydroxyl groups excluding tert-OH is 1. The van der Waals surface area contributed by atoms with Gasteiger partial charge in [0.1, 0.15) is 5.82 Å². The molecule has 2 heterocycles. The monoisotopic (exact) mass is 199 g/mol. The summed E-state index contributed by atoms with van der Waals surface area (Å²) in [4.78, 5) is 6.40. The smallest absolute Gasteiger partial charge is 0.205 e. The van der Waals surface area contributed by atoms with Gasteiger partial charge in [-0.2, -0.15) is 4.37 Å². The van der Waals surface area contributed by atoms with Crippen LogP contribution in [0.2, 0.25) is 0 Å². The third kappa shape index (κ3) is 1.97. The first-order chi connectivity index (χ1) is 6.25. The Hall–Kier alpha value is -0.680. The van der Waals surface area contributed by atoms with Crippen molar-refractivity contribution in [1.82, 2.24) is 9.36 Å². The van der Waals surface area contributed by atoms with E-state index in [1.807, 2.05) is 6.92 Å². The SMILES string of the molecule is Cc1nsc(N2CCC[C@H](O)C2)n1. The standard InChI is InChI=1S/C8H13N3OS/c1-6-9-8(13-10-6)11-4-2-3-7(12)5-11/h7,12H,2-5H2,1H3/t7-/m0/s1. The van der Waals surface area contributed by atoms with Crippen molar-refractivity contribution < 1.29 is 5.11 Å². The normalized spacial score (nSPS) is 23.5. The molecule has 5 heteroatoms. The molecule has 1 aliphatic heterocycles. The van der Waals surface area contributed by atoms with Crippen LogP contribution < -0.4 is 4.90 Å². The van der Waals surface area contributed by atoms with E-state index in [-0.39, 0.29) is 6.10 Å². The minimum atomic E-state index is -0.196. The summed E-state index contributed by atoms with van der Waals surface area (Å²) in [5, 5.41) is 10.4. The summed E-state index contributed by atoms with van der Waals surface area (Å²) in [6.07, 6.45) is 1.76. The molecule has 0 spiro atoms. The molecule has 1 fully saturated rings. The van der Waals surface area contributed by atoms with E-state index in [2.05, 4.69) is 14.3 Å². The van der Waals surface area contributed by atoms with Gasteiger partial charge in [-0.3, -0.25) is 0 Å². The van der Waals surface area contributed by atoms with E-state index in [1.165, 1.54) is 11.5 Å². The predicted molar refractivity (Wildman–Crippen MR) is 52.1 cm³/mol. The van der Waals surface area contributed by atoms with Crippen molar-refractivity contribution in [3.05, 3.63) is 5.82 Å². The van der Waals surface area contributed by atoms with Crippen LogP contribution in [0.15, 0.2) is 0 Å². The van der Waals surface area contributed by atoms with Crippen molar-refractivity contribution in [2.24, 2.45) is 0 Å². The second-order valence-corrected chi connectivity index (χ2v) is 4.10. The second kappa shape index (κ2) is 3.59. The molecular formula is C8H13N3OS. The Morgan fingerprint density at radius 3 is 3.08 bits per heavy atom. The minimum Gasteiger partial charge on any atom is -0.391 e.